The van der Waals surface area contributed by atoms with E-state index in [0.29, 0.717) is 6.07 Å². The van der Waals surface area contributed by atoms with Crippen molar-refractivity contribution in [2.75, 3.05) is 5.73 Å². The number of aromatic nitrogens is 2. The average Bonchev–Trinajstić information content (AvgIpc) is 2.85. The summed E-state index contributed by atoms with van der Waals surface area (Å²) in [7, 11) is 0. The van der Waals surface area contributed by atoms with Crippen LogP contribution in [-0.4, -0.2) is 9.78 Å². The Bertz CT molecular complexity index is 875. The smallest absolute Gasteiger partial charge is 0.384 e. The molecule has 11 heteroatoms. The maximum Gasteiger partial charge on any atom is 0.390 e. The van der Waals surface area contributed by atoms with Crippen molar-refractivity contribution in [2.45, 2.75) is 12.2 Å². The van der Waals surface area contributed by atoms with Crippen molar-refractivity contribution in [2.24, 2.45) is 0 Å². The van der Waals surface area contributed by atoms with Gasteiger partial charge in [0.1, 0.15) is 17.6 Å². The minimum atomic E-state index is -4.32. The van der Waals surface area contributed by atoms with Crippen LogP contribution in [0.5, 0.6) is 0 Å². The number of nitrogens with two attached hydrogens (primary N) is 1. The highest BCUT2D eigenvalue weighted by molar-refractivity contribution is 6.38. The van der Waals surface area contributed by atoms with Crippen LogP contribution in [0.4, 0.5) is 23.4 Å². The first-order valence-electron chi connectivity index (χ1n) is 5.83. The molecule has 0 atom stereocenters. The number of benzene rings is 1. The molecule has 0 fully saturated rings. The Kier molecular flexibility index (Phi) is 3.27. The molecule has 0 saturated heterocycles. The third kappa shape index (κ3) is 2.22. The summed E-state index contributed by atoms with van der Waals surface area (Å²) in [6.45, 7) is 0. The van der Waals surface area contributed by atoms with Gasteiger partial charge in [-0.05, 0) is 6.07 Å². The molecular weight excluding hydrogens is 363 g/mol. The molecule has 2 heterocycles. The van der Waals surface area contributed by atoms with Gasteiger partial charge in [-0.2, -0.15) is 27.9 Å². The first kappa shape index (κ1) is 15.9. The van der Waals surface area contributed by atoms with Crippen LogP contribution in [-0.2, 0) is 17.0 Å². The van der Waals surface area contributed by atoms with Gasteiger partial charge < -0.3 is 5.73 Å². The van der Waals surface area contributed by atoms with E-state index in [1.165, 1.54) is 0 Å². The second kappa shape index (κ2) is 4.74. The fraction of sp³-hybridized carbons (Fsp3) is 0.167. The van der Waals surface area contributed by atoms with Crippen LogP contribution in [0.1, 0.15) is 16.8 Å². The first-order valence-corrected chi connectivity index (χ1v) is 6.59. The molecule has 1 aromatic carbocycles. The number of alkyl halides is 4. The van der Waals surface area contributed by atoms with Crippen LogP contribution in [0.2, 0.25) is 10.0 Å². The predicted octanol–water partition coefficient (Wildman–Crippen LogP) is 3.76. The van der Waals surface area contributed by atoms with Crippen molar-refractivity contribution in [1.29, 1.82) is 5.26 Å². The highest BCUT2D eigenvalue weighted by atomic mass is 35.5. The zero-order valence-electron chi connectivity index (χ0n) is 10.7. The zero-order valence-corrected chi connectivity index (χ0v) is 12.3. The maximum absolute atomic E-state index is 13.7. The Hall–Kier alpha value is -2.02. The van der Waals surface area contributed by atoms with Crippen molar-refractivity contribution in [1.82, 2.24) is 9.78 Å². The van der Waals surface area contributed by atoms with Crippen LogP contribution in [0.3, 0.4) is 0 Å². The summed E-state index contributed by atoms with van der Waals surface area (Å²) in [5.74, 6) is -0.140. The number of ether oxygens (including phenoxy) is 1. The summed E-state index contributed by atoms with van der Waals surface area (Å²) in [6, 6.07) is 3.43. The van der Waals surface area contributed by atoms with Gasteiger partial charge in [-0.15, -0.1) is 0 Å². The molecule has 1 aromatic heterocycles. The predicted molar refractivity (Wildman–Crippen MR) is 71.6 cm³/mol. The first-order chi connectivity index (χ1) is 10.6. The summed E-state index contributed by atoms with van der Waals surface area (Å²) < 4.78 is 58.9. The van der Waals surface area contributed by atoms with Gasteiger partial charge in [0, 0.05) is 6.07 Å². The molecular formula is C12H4Cl2F4N4O. The number of anilines is 1. The molecule has 2 N–H and O–H groups in total. The number of hydrogen-bond acceptors (Lipinski definition) is 4. The van der Waals surface area contributed by atoms with Crippen molar-refractivity contribution in [3.05, 3.63) is 39.0 Å². The molecule has 120 valence electrons. The summed E-state index contributed by atoms with van der Waals surface area (Å²) in [5, 5.41) is 11.3. The third-order valence-corrected chi connectivity index (χ3v) is 3.77. The highest BCUT2D eigenvalue weighted by Gasteiger charge is 2.59. The number of fused-ring (bicyclic) bond motifs is 1. The normalized spacial score (nSPS) is 17.8. The number of nitrogens with zero attached hydrogens (tertiary/aromatic N) is 3. The van der Waals surface area contributed by atoms with Gasteiger partial charge in [0.05, 0.1) is 21.2 Å². The minimum absolute atomic E-state index is 0.136. The molecule has 23 heavy (non-hydrogen) atoms. The summed E-state index contributed by atoms with van der Waals surface area (Å²) in [4.78, 5) is 0. The minimum Gasteiger partial charge on any atom is -0.384 e. The molecule has 0 aliphatic carbocycles. The lowest BCUT2D eigenvalue weighted by atomic mass is 10.1. The molecule has 0 amide bonds. The number of rotatable bonds is 1. The van der Waals surface area contributed by atoms with Crippen molar-refractivity contribution >= 4 is 29.0 Å². The van der Waals surface area contributed by atoms with Crippen LogP contribution in [0.25, 0.3) is 5.69 Å². The Morgan fingerprint density at radius 2 is 1.87 bits per heavy atom. The molecule has 3 rings (SSSR count). The fourth-order valence-electron chi connectivity index (χ4n) is 2.21. The van der Waals surface area contributed by atoms with Gasteiger partial charge in [0.25, 0.3) is 0 Å². The Morgan fingerprint density at radius 1 is 1.22 bits per heavy atom. The quantitative estimate of drug-likeness (QED) is 0.779. The fourth-order valence-corrected chi connectivity index (χ4v) is 2.94. The van der Waals surface area contributed by atoms with Crippen molar-refractivity contribution < 1.29 is 22.3 Å². The molecule has 0 bridgehead atoms. The number of halogens is 6. The molecule has 0 unspecified atom stereocenters. The van der Waals surface area contributed by atoms with Crippen LogP contribution in [0.15, 0.2) is 12.1 Å². The standard InChI is InChI=1S/C12H4Cl2F4N4O/c13-6-2-5-8(12(17,18)23-11(5,15)16)9(14)10(6)22-7(20)1-4(3-19)21-22/h1-2H,20H2. The lowest BCUT2D eigenvalue weighted by Gasteiger charge is -2.14. The van der Waals surface area contributed by atoms with Crippen LogP contribution in [0, 0.1) is 11.3 Å². The van der Waals surface area contributed by atoms with Gasteiger partial charge in [0.15, 0.2) is 5.69 Å². The molecule has 0 spiro atoms. The largest absolute Gasteiger partial charge is 0.390 e. The number of nitriles is 1. The van der Waals surface area contributed by atoms with E-state index in [9.17, 15) is 17.6 Å². The van der Waals surface area contributed by atoms with Crippen LogP contribution >= 0.6 is 23.2 Å². The van der Waals surface area contributed by atoms with E-state index in [2.05, 4.69) is 9.84 Å². The average molecular weight is 367 g/mol. The van der Waals surface area contributed by atoms with Gasteiger partial charge in [-0.1, -0.05) is 23.2 Å². The van der Waals surface area contributed by atoms with Gasteiger partial charge in [-0.3, -0.25) is 0 Å². The molecule has 0 radical (unpaired) electrons. The van der Waals surface area contributed by atoms with Gasteiger partial charge in [0.2, 0.25) is 0 Å². The topological polar surface area (TPSA) is 76.9 Å². The summed E-state index contributed by atoms with van der Waals surface area (Å²) in [6.07, 6.45) is -8.58. The molecule has 5 nitrogen and oxygen atoms in total. The Morgan fingerprint density at radius 3 is 2.43 bits per heavy atom. The second-order valence-electron chi connectivity index (χ2n) is 4.56. The monoisotopic (exact) mass is 366 g/mol. The van der Waals surface area contributed by atoms with Gasteiger partial charge >= 0.3 is 12.2 Å². The lowest BCUT2D eigenvalue weighted by molar-refractivity contribution is -0.369. The maximum atomic E-state index is 13.7. The van der Waals surface area contributed by atoms with E-state index in [1.807, 2.05) is 0 Å². The van der Waals surface area contributed by atoms with Crippen molar-refractivity contribution in [3.8, 4) is 11.8 Å². The van der Waals surface area contributed by atoms with Gasteiger partial charge in [-0.25, -0.2) is 9.42 Å². The number of nitrogen functional groups attached to an aromatic ring is 1. The number of hydrogen-bond donors (Lipinski definition) is 1. The lowest BCUT2D eigenvalue weighted by Crippen LogP contribution is -2.18. The Labute approximate surface area is 135 Å². The van der Waals surface area contributed by atoms with E-state index in [4.69, 9.17) is 34.2 Å². The van der Waals surface area contributed by atoms with E-state index in [1.54, 1.807) is 6.07 Å². The molecule has 0 saturated carbocycles. The zero-order chi connectivity index (χ0) is 17.2. The Balaban J connectivity index is 2.34. The van der Waals surface area contributed by atoms with E-state index < -0.39 is 33.4 Å². The van der Waals surface area contributed by atoms with E-state index >= 15 is 0 Å². The molecule has 2 aromatic rings. The SMILES string of the molecule is N#Cc1cc(N)n(-c2c(Cl)cc3c(c2Cl)C(F)(F)OC3(F)F)n1. The molecule has 1 aliphatic rings. The summed E-state index contributed by atoms with van der Waals surface area (Å²) in [5.41, 5.74) is 2.76. The summed E-state index contributed by atoms with van der Waals surface area (Å²) >= 11 is 11.7. The van der Waals surface area contributed by atoms with Crippen molar-refractivity contribution in [3.63, 3.8) is 0 Å². The van der Waals surface area contributed by atoms with Crippen LogP contribution < -0.4 is 5.73 Å². The van der Waals surface area contributed by atoms with E-state index in [0.717, 1.165) is 10.7 Å². The second-order valence-corrected chi connectivity index (χ2v) is 5.34. The highest BCUT2D eigenvalue weighted by Crippen LogP contribution is 2.55. The van der Waals surface area contributed by atoms with E-state index in [-0.39, 0.29) is 17.2 Å². The molecule has 1 aliphatic heterocycles. The third-order valence-electron chi connectivity index (χ3n) is 3.12.